The van der Waals surface area contributed by atoms with Crippen LogP contribution >= 0.6 is 0 Å². The molecule has 0 aliphatic heterocycles. The highest BCUT2D eigenvalue weighted by molar-refractivity contribution is 5.94. The summed E-state index contributed by atoms with van der Waals surface area (Å²) in [6.45, 7) is 4.00. The van der Waals surface area contributed by atoms with Crippen LogP contribution in [0.2, 0.25) is 0 Å². The summed E-state index contributed by atoms with van der Waals surface area (Å²) in [4.78, 5) is 67.8. The van der Waals surface area contributed by atoms with Crippen molar-refractivity contribution in [3.8, 4) is 0 Å². The minimum atomic E-state index is -1.11. The first kappa shape index (κ1) is 37.0. The summed E-state index contributed by atoms with van der Waals surface area (Å²) in [5, 5.41) is 15.1. The van der Waals surface area contributed by atoms with Crippen LogP contribution in [0.1, 0.15) is 57.1 Å². The zero-order chi connectivity index (χ0) is 35.7. The van der Waals surface area contributed by atoms with Gasteiger partial charge in [0, 0.05) is 18.8 Å². The van der Waals surface area contributed by atoms with Crippen LogP contribution in [0, 0.1) is 0 Å². The Kier molecular flexibility index (Phi) is 14.2. The predicted molar refractivity (Wildman–Crippen MR) is 187 cm³/mol. The number of nitrogens with one attached hydrogen (secondary N) is 2. The molecule has 50 heavy (non-hydrogen) atoms. The molecule has 0 spiro atoms. The van der Waals surface area contributed by atoms with Crippen LogP contribution in [-0.4, -0.2) is 78.9 Å². The Labute approximate surface area is 289 Å². The number of hydrogen-bond donors (Lipinski definition) is 3. The van der Waals surface area contributed by atoms with E-state index in [-0.39, 0.29) is 49.2 Å². The topological polar surface area (TPSA) is 190 Å². The van der Waals surface area contributed by atoms with Gasteiger partial charge in [0.2, 0.25) is 11.9 Å². The van der Waals surface area contributed by atoms with Crippen LogP contribution in [0.4, 0.5) is 21.4 Å². The van der Waals surface area contributed by atoms with E-state index < -0.39 is 30.6 Å². The van der Waals surface area contributed by atoms with Crippen molar-refractivity contribution < 1.29 is 33.8 Å². The maximum atomic E-state index is 13.0. The summed E-state index contributed by atoms with van der Waals surface area (Å²) < 4.78 is 12.1. The van der Waals surface area contributed by atoms with Gasteiger partial charge >= 0.3 is 18.2 Å². The molecular formula is C35H42N8O7. The molecule has 15 heteroatoms. The number of rotatable bonds is 18. The average molecular weight is 687 g/mol. The Balaban J connectivity index is 1.37. The molecule has 0 aliphatic rings. The normalized spacial score (nSPS) is 11.2. The molecule has 3 N–H and O–H groups in total. The predicted octanol–water partition coefficient (Wildman–Crippen LogP) is 5.67. The van der Waals surface area contributed by atoms with Crippen LogP contribution in [0.15, 0.2) is 72.0 Å². The molecule has 264 valence electrons. The number of carboxylic acid groups (broad SMARTS) is 1. The third-order valence-corrected chi connectivity index (χ3v) is 7.36. The van der Waals surface area contributed by atoms with Crippen LogP contribution < -0.4 is 10.6 Å². The van der Waals surface area contributed by atoms with Gasteiger partial charge in [0.15, 0.2) is 17.0 Å². The summed E-state index contributed by atoms with van der Waals surface area (Å²) in [5.41, 5.74) is 2.89. The Bertz CT molecular complexity index is 1760. The van der Waals surface area contributed by atoms with E-state index in [1.807, 2.05) is 67.6 Å². The molecule has 0 bridgehead atoms. The number of aromatic nitrogens is 4. The molecule has 2 aromatic carbocycles. The van der Waals surface area contributed by atoms with Gasteiger partial charge in [0.25, 0.3) is 0 Å². The number of carboxylic acids is 1. The minimum absolute atomic E-state index is 0.0465. The molecule has 0 atom stereocenters. The first-order valence-electron chi connectivity index (χ1n) is 16.4. The molecule has 0 saturated carbocycles. The Morgan fingerprint density at radius 2 is 1.60 bits per heavy atom. The number of anilines is 2. The van der Waals surface area contributed by atoms with E-state index in [0.29, 0.717) is 25.1 Å². The number of carbonyl (C=O) groups is 4. The lowest BCUT2D eigenvalue weighted by Crippen LogP contribution is -2.38. The second-order valence-corrected chi connectivity index (χ2v) is 11.5. The van der Waals surface area contributed by atoms with Crippen LogP contribution in [0.5, 0.6) is 0 Å². The summed E-state index contributed by atoms with van der Waals surface area (Å²) in [5.74, 6) is -1.24. The highest BCUT2D eigenvalue weighted by Gasteiger charge is 2.21. The summed E-state index contributed by atoms with van der Waals surface area (Å²) >= 11 is 0. The zero-order valence-corrected chi connectivity index (χ0v) is 28.2. The van der Waals surface area contributed by atoms with Crippen molar-refractivity contribution in [2.24, 2.45) is 4.99 Å². The zero-order valence-electron chi connectivity index (χ0n) is 28.2. The smallest absolute Gasteiger partial charge is 0.433 e. The molecule has 0 radical (unpaired) electrons. The van der Waals surface area contributed by atoms with Gasteiger partial charge in [-0.2, -0.15) is 15.0 Å². The third kappa shape index (κ3) is 12.0. The number of nitrogens with zero attached hydrogens (tertiary/aromatic N) is 6. The van der Waals surface area contributed by atoms with Crippen molar-refractivity contribution in [1.82, 2.24) is 24.4 Å². The van der Waals surface area contributed by atoms with Crippen molar-refractivity contribution in [2.45, 2.75) is 65.7 Å². The summed E-state index contributed by atoms with van der Waals surface area (Å²) in [6.07, 6.45) is 3.61. The largest absolute Gasteiger partial charge is 0.480 e. The first-order valence-corrected chi connectivity index (χ1v) is 16.4. The van der Waals surface area contributed by atoms with E-state index in [0.717, 1.165) is 30.4 Å². The van der Waals surface area contributed by atoms with Gasteiger partial charge in [-0.25, -0.2) is 14.6 Å². The van der Waals surface area contributed by atoms with Crippen molar-refractivity contribution in [1.29, 1.82) is 0 Å². The second kappa shape index (κ2) is 19.2. The van der Waals surface area contributed by atoms with E-state index >= 15 is 0 Å². The molecule has 0 aliphatic carbocycles. The fraction of sp³-hybridized carbons (Fsp3) is 0.371. The van der Waals surface area contributed by atoms with Gasteiger partial charge in [-0.3, -0.25) is 14.9 Å². The SMILES string of the molecule is CCCN(CC(=O)O)C(=O)Cn1cnc2c(NC(=O)OCc3ccccc3)nc(NCCCCCC(C)=NC(=O)OCc3ccccc3)nc21. The number of unbranched alkanes of at least 4 members (excludes halogenated alkanes) is 2. The molecular weight excluding hydrogens is 644 g/mol. The van der Waals surface area contributed by atoms with Gasteiger partial charge in [0.1, 0.15) is 26.3 Å². The molecule has 0 unspecified atom stereocenters. The number of amides is 3. The molecule has 2 heterocycles. The van der Waals surface area contributed by atoms with Crippen molar-refractivity contribution >= 4 is 52.7 Å². The lowest BCUT2D eigenvalue weighted by molar-refractivity contribution is -0.144. The van der Waals surface area contributed by atoms with E-state index in [1.165, 1.54) is 15.8 Å². The monoisotopic (exact) mass is 686 g/mol. The molecule has 2 aromatic heterocycles. The van der Waals surface area contributed by atoms with E-state index in [4.69, 9.17) is 9.47 Å². The summed E-state index contributed by atoms with van der Waals surface area (Å²) in [6, 6.07) is 18.6. The summed E-state index contributed by atoms with van der Waals surface area (Å²) in [7, 11) is 0. The Morgan fingerprint density at radius 1 is 0.920 bits per heavy atom. The fourth-order valence-electron chi connectivity index (χ4n) is 4.90. The van der Waals surface area contributed by atoms with Gasteiger partial charge in [-0.05, 0) is 43.7 Å². The number of aliphatic imine (C=N–C) groups is 1. The third-order valence-electron chi connectivity index (χ3n) is 7.36. The first-order chi connectivity index (χ1) is 24.2. The molecule has 0 saturated heterocycles. The van der Waals surface area contributed by atoms with Gasteiger partial charge < -0.3 is 29.4 Å². The average Bonchev–Trinajstić information content (AvgIpc) is 3.51. The van der Waals surface area contributed by atoms with Gasteiger partial charge in [-0.15, -0.1) is 0 Å². The van der Waals surface area contributed by atoms with Crippen molar-refractivity contribution in [3.63, 3.8) is 0 Å². The van der Waals surface area contributed by atoms with Gasteiger partial charge in [-0.1, -0.05) is 74.0 Å². The maximum Gasteiger partial charge on any atom is 0.433 e. The standard InChI is InChI=1S/C35H42N8O7/c1-3-19-42(21-29(45)46)28(44)20-43-24-37-30-31(40-35(48)50-23-27-16-10-5-11-17-27)39-33(41-32(30)43)36-18-12-6-7-13-25(2)38-34(47)49-22-26-14-8-4-9-15-26/h4-5,8-11,14-17,24H,3,6-7,12-13,18-23H2,1-2H3,(H,45,46)(H2,36,39,40,41,48). The number of ether oxygens (including phenoxy) is 2. The van der Waals surface area contributed by atoms with Crippen molar-refractivity contribution in [3.05, 3.63) is 78.1 Å². The number of carbonyl (C=O) groups excluding carboxylic acids is 3. The maximum absolute atomic E-state index is 13.0. The second-order valence-electron chi connectivity index (χ2n) is 11.5. The van der Waals surface area contributed by atoms with E-state index in [2.05, 4.69) is 30.6 Å². The molecule has 4 aromatic rings. The molecule has 0 fully saturated rings. The lowest BCUT2D eigenvalue weighted by Gasteiger charge is -2.20. The highest BCUT2D eigenvalue weighted by Crippen LogP contribution is 2.22. The lowest BCUT2D eigenvalue weighted by atomic mass is 10.1. The van der Waals surface area contributed by atoms with E-state index in [1.54, 1.807) is 6.92 Å². The number of hydrogen-bond acceptors (Lipinski definition) is 10. The Hall–Kier alpha value is -5.86. The molecule has 3 amide bonds. The van der Waals surface area contributed by atoms with Gasteiger partial charge in [0.05, 0.1) is 6.33 Å². The van der Waals surface area contributed by atoms with Crippen LogP contribution in [0.25, 0.3) is 11.2 Å². The van der Waals surface area contributed by atoms with E-state index in [9.17, 15) is 24.3 Å². The van der Waals surface area contributed by atoms with Crippen LogP contribution in [-0.2, 0) is 38.8 Å². The number of aliphatic carboxylic acids is 1. The number of imidazole rings is 1. The quantitative estimate of drug-likeness (QED) is 0.0864. The minimum Gasteiger partial charge on any atom is -0.480 e. The Morgan fingerprint density at radius 3 is 2.26 bits per heavy atom. The number of fused-ring (bicyclic) bond motifs is 1. The highest BCUT2D eigenvalue weighted by atomic mass is 16.6. The molecule has 4 rings (SSSR count). The van der Waals surface area contributed by atoms with Crippen LogP contribution in [0.3, 0.4) is 0 Å². The number of benzene rings is 2. The fourth-order valence-corrected chi connectivity index (χ4v) is 4.90. The van der Waals surface area contributed by atoms with Crippen molar-refractivity contribution in [2.75, 3.05) is 30.3 Å². The molecule has 15 nitrogen and oxygen atoms in total.